The average molecular weight is 492 g/mol. The van der Waals surface area contributed by atoms with Gasteiger partial charge in [-0.25, -0.2) is 0 Å². The monoisotopic (exact) mass is 491 g/mol. The molecular weight excluding hydrogens is 469 g/mol. The summed E-state index contributed by atoms with van der Waals surface area (Å²) in [6, 6.07) is 45.3. The summed E-state index contributed by atoms with van der Waals surface area (Å²) >= 11 is 12.3. The summed E-state index contributed by atoms with van der Waals surface area (Å²) in [4.78, 5) is 2.26. The molecule has 5 aromatic carbocycles. The molecule has 0 unspecified atom stereocenters. The summed E-state index contributed by atoms with van der Waals surface area (Å²) in [5, 5.41) is 1.44. The van der Waals surface area contributed by atoms with Crippen molar-refractivity contribution in [2.75, 3.05) is 4.90 Å². The molecule has 0 aliphatic rings. The minimum absolute atomic E-state index is 0.718. The number of halogens is 2. The quantitative estimate of drug-likeness (QED) is 0.213. The van der Waals surface area contributed by atoms with Gasteiger partial charge in [0, 0.05) is 27.1 Å². The maximum atomic E-state index is 6.15. The molecule has 5 rings (SSSR count). The third-order valence-corrected chi connectivity index (χ3v) is 6.31. The van der Waals surface area contributed by atoms with E-state index in [1.54, 1.807) is 0 Å². The zero-order valence-electron chi connectivity index (χ0n) is 19.0. The number of anilines is 3. The first-order valence-electron chi connectivity index (χ1n) is 11.4. The first kappa shape index (κ1) is 23.0. The second kappa shape index (κ2) is 10.7. The number of hydrogen-bond donors (Lipinski definition) is 0. The van der Waals surface area contributed by atoms with Crippen molar-refractivity contribution in [1.82, 2.24) is 0 Å². The van der Waals surface area contributed by atoms with Crippen LogP contribution < -0.4 is 4.90 Å². The first-order valence-corrected chi connectivity index (χ1v) is 12.2. The van der Waals surface area contributed by atoms with Crippen LogP contribution in [0.25, 0.3) is 11.6 Å². The zero-order chi connectivity index (χ0) is 24.0. The summed E-state index contributed by atoms with van der Waals surface area (Å²) < 4.78 is 0. The van der Waals surface area contributed by atoms with Gasteiger partial charge in [-0.15, -0.1) is 0 Å². The fourth-order valence-electron chi connectivity index (χ4n) is 4.08. The Kier molecular flexibility index (Phi) is 6.99. The minimum Gasteiger partial charge on any atom is -0.311 e. The predicted molar refractivity (Wildman–Crippen MR) is 151 cm³/mol. The smallest absolute Gasteiger partial charge is 0.0462 e. The van der Waals surface area contributed by atoms with E-state index in [0.717, 1.165) is 49.4 Å². The minimum atomic E-state index is 0.718. The fraction of sp³-hybridized carbons (Fsp3) is 0. The zero-order valence-corrected chi connectivity index (χ0v) is 20.5. The highest BCUT2D eigenvalue weighted by Crippen LogP contribution is 2.35. The van der Waals surface area contributed by atoms with Gasteiger partial charge in [0.25, 0.3) is 0 Å². The highest BCUT2D eigenvalue weighted by molar-refractivity contribution is 6.31. The summed E-state index contributed by atoms with van der Waals surface area (Å²) in [5.41, 5.74) is 7.73. The van der Waals surface area contributed by atoms with Crippen molar-refractivity contribution >= 4 is 51.9 Å². The molecule has 3 heteroatoms. The lowest BCUT2D eigenvalue weighted by Gasteiger charge is -2.25. The molecule has 35 heavy (non-hydrogen) atoms. The fourth-order valence-corrected chi connectivity index (χ4v) is 4.33. The molecule has 0 saturated heterocycles. The number of nitrogens with zero attached hydrogens (tertiary/aromatic N) is 1. The van der Waals surface area contributed by atoms with Crippen LogP contribution in [0.15, 0.2) is 133 Å². The van der Waals surface area contributed by atoms with E-state index in [-0.39, 0.29) is 0 Å². The van der Waals surface area contributed by atoms with Gasteiger partial charge < -0.3 is 4.90 Å². The van der Waals surface area contributed by atoms with E-state index < -0.39 is 0 Å². The van der Waals surface area contributed by atoms with Crippen molar-refractivity contribution in [2.24, 2.45) is 0 Å². The summed E-state index contributed by atoms with van der Waals surface area (Å²) in [7, 11) is 0. The van der Waals surface area contributed by atoms with Crippen LogP contribution in [0.2, 0.25) is 10.0 Å². The summed E-state index contributed by atoms with van der Waals surface area (Å²) in [6.45, 7) is 0. The Morgan fingerprint density at radius 1 is 0.457 bits per heavy atom. The lowest BCUT2D eigenvalue weighted by atomic mass is 9.95. The van der Waals surface area contributed by atoms with Crippen LogP contribution in [0.5, 0.6) is 0 Å². The van der Waals surface area contributed by atoms with E-state index in [4.69, 9.17) is 23.2 Å². The van der Waals surface area contributed by atoms with Gasteiger partial charge in [0.05, 0.1) is 0 Å². The Balaban J connectivity index is 1.55. The van der Waals surface area contributed by atoms with E-state index in [2.05, 4.69) is 83.8 Å². The molecule has 0 atom stereocenters. The maximum absolute atomic E-state index is 6.15. The Bertz CT molecular complexity index is 1320. The van der Waals surface area contributed by atoms with E-state index >= 15 is 0 Å². The standard InChI is InChI=1S/C32H23Cl2N/c33-27-17-13-25(14-18-27)32(26-15-19-28(34)20-16-26)23-24-11-21-31(22-12-24)35(29-7-3-1-4-8-29)30-9-5-2-6-10-30/h1-23H. The number of hydrogen-bond acceptors (Lipinski definition) is 1. The van der Waals surface area contributed by atoms with Gasteiger partial charge in [-0.2, -0.15) is 0 Å². The molecule has 0 aromatic heterocycles. The Morgan fingerprint density at radius 3 is 1.29 bits per heavy atom. The lowest BCUT2D eigenvalue weighted by molar-refractivity contribution is 1.28. The van der Waals surface area contributed by atoms with Crippen LogP contribution in [0.3, 0.4) is 0 Å². The molecule has 0 saturated carbocycles. The van der Waals surface area contributed by atoms with E-state index in [9.17, 15) is 0 Å². The van der Waals surface area contributed by atoms with Crippen LogP contribution >= 0.6 is 23.2 Å². The topological polar surface area (TPSA) is 3.24 Å². The average Bonchev–Trinajstić information content (AvgIpc) is 2.91. The van der Waals surface area contributed by atoms with Gasteiger partial charge in [-0.1, -0.05) is 96.0 Å². The van der Waals surface area contributed by atoms with Crippen molar-refractivity contribution in [1.29, 1.82) is 0 Å². The molecule has 0 aliphatic carbocycles. The van der Waals surface area contributed by atoms with Crippen LogP contribution in [0.1, 0.15) is 16.7 Å². The van der Waals surface area contributed by atoms with E-state index in [1.807, 2.05) is 60.7 Å². The van der Waals surface area contributed by atoms with Crippen LogP contribution in [-0.4, -0.2) is 0 Å². The molecule has 0 N–H and O–H groups in total. The Morgan fingerprint density at radius 2 is 0.857 bits per heavy atom. The van der Waals surface area contributed by atoms with Crippen molar-refractivity contribution in [3.8, 4) is 0 Å². The molecular formula is C32H23Cl2N. The van der Waals surface area contributed by atoms with Gasteiger partial charge in [0.2, 0.25) is 0 Å². The van der Waals surface area contributed by atoms with Crippen LogP contribution in [0.4, 0.5) is 17.1 Å². The van der Waals surface area contributed by atoms with Crippen molar-refractivity contribution in [2.45, 2.75) is 0 Å². The largest absolute Gasteiger partial charge is 0.311 e. The van der Waals surface area contributed by atoms with Gasteiger partial charge in [0.15, 0.2) is 0 Å². The second-order valence-corrected chi connectivity index (χ2v) is 9.04. The van der Waals surface area contributed by atoms with Crippen molar-refractivity contribution < 1.29 is 0 Å². The first-order chi connectivity index (χ1) is 17.2. The van der Waals surface area contributed by atoms with Gasteiger partial charge in [-0.3, -0.25) is 0 Å². The van der Waals surface area contributed by atoms with Gasteiger partial charge in [-0.05, 0) is 89.0 Å². The Labute approximate surface area is 216 Å². The second-order valence-electron chi connectivity index (χ2n) is 8.17. The molecule has 0 heterocycles. The number of rotatable bonds is 6. The summed E-state index contributed by atoms with van der Waals surface area (Å²) in [6.07, 6.45) is 2.20. The third kappa shape index (κ3) is 5.49. The molecule has 0 bridgehead atoms. The highest BCUT2D eigenvalue weighted by atomic mass is 35.5. The van der Waals surface area contributed by atoms with Crippen molar-refractivity contribution in [3.63, 3.8) is 0 Å². The van der Waals surface area contributed by atoms with Crippen molar-refractivity contribution in [3.05, 3.63) is 160 Å². The molecule has 1 nitrogen and oxygen atoms in total. The maximum Gasteiger partial charge on any atom is 0.0462 e. The van der Waals surface area contributed by atoms with Crippen LogP contribution in [0, 0.1) is 0 Å². The SMILES string of the molecule is Clc1ccc(C(=Cc2ccc(N(c3ccccc3)c3ccccc3)cc2)c2ccc(Cl)cc2)cc1. The molecule has 0 amide bonds. The normalized spacial score (nSPS) is 10.6. The molecule has 5 aromatic rings. The Hall–Kier alpha value is -3.78. The summed E-state index contributed by atoms with van der Waals surface area (Å²) in [5.74, 6) is 0. The lowest BCUT2D eigenvalue weighted by Crippen LogP contribution is -2.09. The van der Waals surface area contributed by atoms with Gasteiger partial charge in [0.1, 0.15) is 0 Å². The molecule has 0 radical (unpaired) electrons. The number of benzene rings is 5. The van der Waals surface area contributed by atoms with Crippen LogP contribution in [-0.2, 0) is 0 Å². The third-order valence-electron chi connectivity index (χ3n) is 5.80. The van der Waals surface area contributed by atoms with Gasteiger partial charge >= 0.3 is 0 Å². The molecule has 0 aliphatic heterocycles. The number of para-hydroxylation sites is 2. The molecule has 0 fully saturated rings. The molecule has 170 valence electrons. The van der Waals surface area contributed by atoms with E-state index in [1.165, 1.54) is 0 Å². The highest BCUT2D eigenvalue weighted by Gasteiger charge is 2.12. The predicted octanol–water partition coefficient (Wildman–Crippen LogP) is 10.1. The van der Waals surface area contributed by atoms with E-state index in [0.29, 0.717) is 0 Å². The molecule has 0 spiro atoms.